The van der Waals surface area contributed by atoms with Gasteiger partial charge in [-0.1, -0.05) is 0 Å². The molecule has 0 unspecified atom stereocenters. The van der Waals surface area contributed by atoms with Gasteiger partial charge in [-0.3, -0.25) is 0 Å². The topological polar surface area (TPSA) is 373 Å². The second-order valence-corrected chi connectivity index (χ2v) is 0.283. The molecule has 0 saturated carbocycles. The van der Waals surface area contributed by atoms with Crippen LogP contribution in [0.25, 0.3) is 0 Å². The first-order valence-electron chi connectivity index (χ1n) is 0.651. The molecule has 0 aliphatic carbocycles. The van der Waals surface area contributed by atoms with E-state index in [0.29, 0.717) is 0 Å². The fourth-order valence-electron chi connectivity index (χ4n) is 0. The van der Waals surface area contributed by atoms with Gasteiger partial charge in [0.25, 0.3) is 0 Å². The van der Waals surface area contributed by atoms with Crippen LogP contribution in [-0.4, -0.2) is 90.0 Å². The van der Waals surface area contributed by atoms with Crippen LogP contribution in [0.1, 0.15) is 0 Å². The van der Waals surface area contributed by atoms with Crippen LogP contribution >= 0.6 is 0 Å². The van der Waals surface area contributed by atoms with E-state index in [1.165, 1.54) is 0 Å². The molecule has 13 nitrogen and oxygen atoms in total. The Balaban J connectivity index is -0.000000000818. The molecule has 0 aliphatic heterocycles. The van der Waals surface area contributed by atoms with Crippen LogP contribution in [0.5, 0.6) is 0 Å². The Labute approximate surface area is 95.6 Å². The molecule has 0 atom stereocenters. The number of hydrogen-bond acceptors (Lipinski definition) is 1. The van der Waals surface area contributed by atoms with E-state index in [9.17, 15) is 0 Å². The van der Waals surface area contributed by atoms with Crippen LogP contribution in [0.2, 0.25) is 0 Å². The summed E-state index contributed by atoms with van der Waals surface area (Å²) in [7, 11) is 0. The molecule has 0 rings (SSSR count). The van der Waals surface area contributed by atoms with E-state index in [2.05, 4.69) is 0 Å². The molecule has 22 N–H and O–H groups in total. The third-order valence-electron chi connectivity index (χ3n) is 0. The monoisotopic (exact) mass is 250 g/mol. The molecule has 14 heteroatoms. The summed E-state index contributed by atoms with van der Waals surface area (Å²) in [6, 6.07) is 0. The minimum absolute atomic E-state index is 0. The maximum absolute atomic E-state index is 8.56. The minimum atomic E-state index is -1.83. The third-order valence-corrected chi connectivity index (χ3v) is 0. The molecule has 0 aromatic rings. The zero-order valence-electron chi connectivity index (χ0n) is 6.80. The Kier molecular flexibility index (Phi) is 9880. The number of hydrogen-bond donors (Lipinski definition) is 2. The normalized spacial score (nSPS) is 1.60. The van der Waals surface area contributed by atoms with Gasteiger partial charge >= 0.3 is 25.0 Å². The standard InChI is InChI=1S/CH2O3.Li.10H2O.H/c2-1(3)4;;;;;;;;;;;;/h(H2,2,3,4);;10*1H2;. The molecule has 15 heavy (non-hydrogen) atoms. The van der Waals surface area contributed by atoms with Crippen molar-refractivity contribution in [1.82, 2.24) is 0 Å². The molecule has 106 valence electrons. The summed E-state index contributed by atoms with van der Waals surface area (Å²) in [5.41, 5.74) is 0. The van der Waals surface area contributed by atoms with Crippen molar-refractivity contribution in [2.24, 2.45) is 0 Å². The molecule has 0 aliphatic rings. The van der Waals surface area contributed by atoms with E-state index < -0.39 is 6.16 Å². The summed E-state index contributed by atoms with van der Waals surface area (Å²) >= 11 is 0. The molecule has 0 fully saturated rings. The van der Waals surface area contributed by atoms with Gasteiger partial charge in [-0.2, -0.15) is 0 Å². The van der Waals surface area contributed by atoms with Gasteiger partial charge < -0.3 is 65.0 Å². The van der Waals surface area contributed by atoms with E-state index in [4.69, 9.17) is 15.0 Å². The van der Waals surface area contributed by atoms with Crippen LogP contribution in [-0.2, 0) is 0 Å². The van der Waals surface area contributed by atoms with Crippen LogP contribution in [0.15, 0.2) is 0 Å². The first kappa shape index (κ1) is 431. The summed E-state index contributed by atoms with van der Waals surface area (Å²) < 4.78 is 0. The van der Waals surface area contributed by atoms with Crippen molar-refractivity contribution in [2.45, 2.75) is 0 Å². The van der Waals surface area contributed by atoms with Crippen molar-refractivity contribution in [3.8, 4) is 0 Å². The zero-order chi connectivity index (χ0) is 3.58. The van der Waals surface area contributed by atoms with Crippen LogP contribution in [0, 0.1) is 0 Å². The molecule has 0 aromatic heterocycles. The van der Waals surface area contributed by atoms with Crippen LogP contribution in [0.3, 0.4) is 0 Å². The van der Waals surface area contributed by atoms with Crippen molar-refractivity contribution < 1.29 is 69.8 Å². The predicted octanol–water partition coefficient (Wildman–Crippen LogP) is -8.67. The van der Waals surface area contributed by atoms with Crippen molar-refractivity contribution in [2.75, 3.05) is 0 Å². The molecule has 0 amide bonds. The van der Waals surface area contributed by atoms with Crippen molar-refractivity contribution in [3.05, 3.63) is 0 Å². The molecule has 0 aromatic carbocycles. The summed E-state index contributed by atoms with van der Waals surface area (Å²) in [6.45, 7) is 0. The molecule has 0 radical (unpaired) electrons. The van der Waals surface area contributed by atoms with Gasteiger partial charge in [0.1, 0.15) is 0 Å². The summed E-state index contributed by atoms with van der Waals surface area (Å²) in [6.07, 6.45) is -1.83. The van der Waals surface area contributed by atoms with Crippen molar-refractivity contribution in [3.63, 3.8) is 0 Å². The number of carboxylic acid groups (broad SMARTS) is 2. The Morgan fingerprint density at radius 3 is 0.533 bits per heavy atom. The van der Waals surface area contributed by atoms with E-state index >= 15 is 0 Å². The quantitative estimate of drug-likeness (QED) is 0.395. The summed E-state index contributed by atoms with van der Waals surface area (Å²) in [5, 5.41) is 13.9. The Hall–Kier alpha value is -0.533. The Bertz CT molecular complexity index is 33.5. The van der Waals surface area contributed by atoms with Gasteiger partial charge in [0, 0.05) is 0 Å². The third kappa shape index (κ3) is 6240. The Morgan fingerprint density at radius 1 is 0.533 bits per heavy atom. The first-order chi connectivity index (χ1) is 1.73. The summed E-state index contributed by atoms with van der Waals surface area (Å²) in [4.78, 5) is 8.56. The van der Waals surface area contributed by atoms with Gasteiger partial charge in [0.15, 0.2) is 0 Å². The molecule has 0 spiro atoms. The average molecular weight is 250 g/mol. The second kappa shape index (κ2) is 344. The summed E-state index contributed by atoms with van der Waals surface area (Å²) in [5.74, 6) is 0. The Morgan fingerprint density at radius 2 is 0.533 bits per heavy atom. The molecule has 0 heterocycles. The fraction of sp³-hybridized carbons (Fsp3) is 0. The van der Waals surface area contributed by atoms with Crippen LogP contribution in [0.4, 0.5) is 4.79 Å². The van der Waals surface area contributed by atoms with Crippen molar-refractivity contribution >= 4 is 25.0 Å². The molecular formula is CH23LiO13. The van der Waals surface area contributed by atoms with E-state index in [0.717, 1.165) is 0 Å². The van der Waals surface area contributed by atoms with Gasteiger partial charge in [0.2, 0.25) is 0 Å². The van der Waals surface area contributed by atoms with Crippen molar-refractivity contribution in [1.29, 1.82) is 0 Å². The van der Waals surface area contributed by atoms with E-state index in [1.807, 2.05) is 0 Å². The molecule has 0 bridgehead atoms. The van der Waals surface area contributed by atoms with Gasteiger partial charge in [-0.25, -0.2) is 4.79 Å². The van der Waals surface area contributed by atoms with Gasteiger partial charge in [-0.05, 0) is 0 Å². The second-order valence-electron chi connectivity index (χ2n) is 0.283. The maximum atomic E-state index is 8.56. The predicted molar refractivity (Wildman–Crippen MR) is 53.9 cm³/mol. The van der Waals surface area contributed by atoms with E-state index in [-0.39, 0.29) is 73.6 Å². The number of carbonyl (C=O) groups is 1. The average Bonchev–Trinajstić information content (AvgIpc) is 0.811. The van der Waals surface area contributed by atoms with Gasteiger partial charge in [-0.15, -0.1) is 0 Å². The first-order valence-corrected chi connectivity index (χ1v) is 0.651. The zero-order valence-corrected chi connectivity index (χ0v) is 6.80. The van der Waals surface area contributed by atoms with Gasteiger partial charge in [0.05, 0.1) is 0 Å². The van der Waals surface area contributed by atoms with Crippen LogP contribution < -0.4 is 0 Å². The molecule has 0 saturated heterocycles. The van der Waals surface area contributed by atoms with E-state index in [1.54, 1.807) is 0 Å². The molecular weight excluding hydrogens is 227 g/mol. The fourth-order valence-corrected chi connectivity index (χ4v) is 0. The number of rotatable bonds is 0. The SMILES string of the molecule is O.O.O.O.O.O.O.O.O.O.O=C(O)O.[LiH].